The van der Waals surface area contributed by atoms with Gasteiger partial charge in [0.2, 0.25) is 5.91 Å². The van der Waals surface area contributed by atoms with Crippen LogP contribution in [0.1, 0.15) is 18.7 Å². The molecule has 2 aromatic rings. The smallest absolute Gasteiger partial charge is 0.326 e. The number of nitrogens with two attached hydrogens (primary N) is 1. The van der Waals surface area contributed by atoms with Crippen molar-refractivity contribution in [2.75, 3.05) is 0 Å². The van der Waals surface area contributed by atoms with Crippen LogP contribution >= 0.6 is 24.0 Å². The molecule has 1 fully saturated rings. The summed E-state index contributed by atoms with van der Waals surface area (Å²) in [6.45, 7) is 0. The first-order chi connectivity index (χ1) is 12.8. The van der Waals surface area contributed by atoms with Gasteiger partial charge in [0.25, 0.3) is 5.91 Å². The molecule has 0 bridgehead atoms. The third-order valence-corrected chi connectivity index (χ3v) is 5.50. The van der Waals surface area contributed by atoms with Gasteiger partial charge in [-0.05, 0) is 18.6 Å². The number of thiocarbonyl (C=S) groups is 1. The maximum Gasteiger partial charge on any atom is 0.326 e. The highest BCUT2D eigenvalue weighted by molar-refractivity contribution is 8.26. The van der Waals surface area contributed by atoms with Crippen LogP contribution in [0.2, 0.25) is 0 Å². The lowest BCUT2D eigenvalue weighted by atomic mass is 10.1. The molecule has 3 N–H and O–H groups in total. The molecule has 2 amide bonds. The number of nitrogens with zero attached hydrogens (tertiary/aromatic N) is 3. The van der Waals surface area contributed by atoms with E-state index in [-0.39, 0.29) is 22.1 Å². The van der Waals surface area contributed by atoms with E-state index < -0.39 is 23.8 Å². The number of carbonyl (C=O) groups is 3. The summed E-state index contributed by atoms with van der Waals surface area (Å²) in [6.07, 6.45) is 1.33. The molecule has 3 rings (SSSR count). The number of carboxylic acid groups (broad SMARTS) is 1. The number of aromatic nitrogens is 2. The molecule has 8 nitrogen and oxygen atoms in total. The summed E-state index contributed by atoms with van der Waals surface area (Å²) >= 11 is 6.22. The minimum Gasteiger partial charge on any atom is -0.480 e. The Labute approximate surface area is 164 Å². The molecule has 1 atom stereocenters. The van der Waals surface area contributed by atoms with Gasteiger partial charge in [0.1, 0.15) is 16.2 Å². The van der Waals surface area contributed by atoms with Crippen molar-refractivity contribution in [2.24, 2.45) is 12.8 Å². The SMILES string of the molecule is Cn1c(/C=C2/SC(=S)N([C@@H](CCC(N)=O)C(=O)O)C2=O)nc2ccccc21. The van der Waals surface area contributed by atoms with E-state index in [1.54, 1.807) is 6.08 Å². The topological polar surface area (TPSA) is 119 Å². The van der Waals surface area contributed by atoms with Crippen LogP contribution in [0.3, 0.4) is 0 Å². The van der Waals surface area contributed by atoms with E-state index >= 15 is 0 Å². The first-order valence-electron chi connectivity index (χ1n) is 7.99. The zero-order valence-corrected chi connectivity index (χ0v) is 15.9. The van der Waals surface area contributed by atoms with Crippen LogP contribution in [0, 0.1) is 0 Å². The Morgan fingerprint density at radius 1 is 1.41 bits per heavy atom. The molecular formula is C17H16N4O4S2. The minimum atomic E-state index is -1.24. The number of para-hydroxylation sites is 2. The zero-order valence-electron chi connectivity index (χ0n) is 14.3. The van der Waals surface area contributed by atoms with Gasteiger partial charge in [-0.1, -0.05) is 36.1 Å². The number of fused-ring (bicyclic) bond motifs is 1. The largest absolute Gasteiger partial charge is 0.480 e. The fraction of sp³-hybridized carbons (Fsp3) is 0.235. The summed E-state index contributed by atoms with van der Waals surface area (Å²) in [6, 6.07) is 6.30. The monoisotopic (exact) mass is 404 g/mol. The summed E-state index contributed by atoms with van der Waals surface area (Å²) in [7, 11) is 1.83. The number of amides is 2. The molecule has 27 heavy (non-hydrogen) atoms. The Kier molecular flexibility index (Phi) is 5.29. The molecule has 1 aromatic carbocycles. The predicted molar refractivity (Wildman–Crippen MR) is 106 cm³/mol. The molecule has 140 valence electrons. The minimum absolute atomic E-state index is 0.101. The van der Waals surface area contributed by atoms with E-state index in [9.17, 15) is 19.5 Å². The molecule has 1 aliphatic rings. The summed E-state index contributed by atoms with van der Waals surface area (Å²) in [5.74, 6) is -1.84. The molecule has 1 aromatic heterocycles. The first kappa shape index (κ1) is 19.1. The lowest BCUT2D eigenvalue weighted by molar-refractivity contribution is -0.145. The first-order valence-corrected chi connectivity index (χ1v) is 9.21. The van der Waals surface area contributed by atoms with Gasteiger partial charge in [-0.2, -0.15) is 0 Å². The second-order valence-electron chi connectivity index (χ2n) is 5.93. The maximum absolute atomic E-state index is 12.8. The van der Waals surface area contributed by atoms with Crippen LogP contribution in [0.5, 0.6) is 0 Å². The summed E-state index contributed by atoms with van der Waals surface area (Å²) in [5.41, 5.74) is 6.79. The second kappa shape index (κ2) is 7.49. The number of aryl methyl sites for hydroxylation is 1. The van der Waals surface area contributed by atoms with E-state index in [4.69, 9.17) is 18.0 Å². The molecular weight excluding hydrogens is 388 g/mol. The molecule has 0 unspecified atom stereocenters. The number of rotatable bonds is 6. The van der Waals surface area contributed by atoms with Gasteiger partial charge in [0.15, 0.2) is 0 Å². The van der Waals surface area contributed by atoms with Gasteiger partial charge >= 0.3 is 5.97 Å². The number of primary amides is 1. The highest BCUT2D eigenvalue weighted by atomic mass is 32.2. The van der Waals surface area contributed by atoms with Crippen LogP contribution < -0.4 is 5.73 Å². The molecule has 0 spiro atoms. The van der Waals surface area contributed by atoms with Gasteiger partial charge in [-0.3, -0.25) is 14.5 Å². The van der Waals surface area contributed by atoms with Crippen molar-refractivity contribution in [3.05, 3.63) is 35.0 Å². The van der Waals surface area contributed by atoms with Crippen molar-refractivity contribution in [1.82, 2.24) is 14.5 Å². The Morgan fingerprint density at radius 2 is 2.11 bits per heavy atom. The van der Waals surface area contributed by atoms with Crippen LogP contribution in [0.15, 0.2) is 29.2 Å². The number of imidazole rings is 1. The molecule has 0 radical (unpaired) electrons. The Morgan fingerprint density at radius 3 is 2.74 bits per heavy atom. The van der Waals surface area contributed by atoms with Crippen molar-refractivity contribution in [2.45, 2.75) is 18.9 Å². The number of benzene rings is 1. The van der Waals surface area contributed by atoms with Gasteiger partial charge in [0, 0.05) is 19.5 Å². The van der Waals surface area contributed by atoms with Crippen molar-refractivity contribution < 1.29 is 19.5 Å². The standard InChI is InChI=1S/C17H16N4O4S2/c1-20-10-5-3-2-4-9(10)19-14(20)8-12-15(23)21(17(26)27-12)11(16(24)25)6-7-13(18)22/h2-5,8,11H,6-7H2,1H3,(H2,18,22)(H,24,25)/b12-8+/t11-/m0/s1. The normalized spacial score (nSPS) is 17.1. The van der Waals surface area contributed by atoms with Crippen molar-refractivity contribution in [3.8, 4) is 0 Å². The fourth-order valence-corrected chi connectivity index (χ4v) is 4.13. The quantitative estimate of drug-likeness (QED) is 0.553. The lowest BCUT2D eigenvalue weighted by Gasteiger charge is -2.22. The Bertz CT molecular complexity index is 998. The number of carboxylic acids is 1. The van der Waals surface area contributed by atoms with Crippen LogP contribution in [-0.2, 0) is 21.4 Å². The molecule has 1 saturated heterocycles. The van der Waals surface area contributed by atoms with E-state index in [0.717, 1.165) is 27.7 Å². The number of carbonyl (C=O) groups excluding carboxylic acids is 2. The zero-order chi connectivity index (χ0) is 19.7. The van der Waals surface area contributed by atoms with Crippen molar-refractivity contribution >= 4 is 63.2 Å². The number of hydrogen-bond acceptors (Lipinski definition) is 6. The number of hydrogen-bond donors (Lipinski definition) is 2. The van der Waals surface area contributed by atoms with Crippen molar-refractivity contribution in [1.29, 1.82) is 0 Å². The van der Waals surface area contributed by atoms with Gasteiger partial charge in [-0.25, -0.2) is 9.78 Å². The number of thioether (sulfide) groups is 1. The average Bonchev–Trinajstić information content (AvgIpc) is 3.06. The van der Waals surface area contributed by atoms with Gasteiger partial charge < -0.3 is 15.4 Å². The summed E-state index contributed by atoms with van der Waals surface area (Å²) < 4.78 is 1.96. The van der Waals surface area contributed by atoms with Crippen LogP contribution in [-0.4, -0.2) is 47.7 Å². The van der Waals surface area contributed by atoms with E-state index in [0.29, 0.717) is 5.82 Å². The van der Waals surface area contributed by atoms with E-state index in [1.807, 2.05) is 35.9 Å². The molecule has 0 aliphatic carbocycles. The third kappa shape index (κ3) is 3.71. The second-order valence-corrected chi connectivity index (χ2v) is 7.60. The summed E-state index contributed by atoms with van der Waals surface area (Å²) in [5, 5.41) is 9.45. The van der Waals surface area contributed by atoms with E-state index in [1.165, 1.54) is 0 Å². The third-order valence-electron chi connectivity index (χ3n) is 4.17. The maximum atomic E-state index is 12.8. The van der Waals surface area contributed by atoms with Gasteiger partial charge in [0.05, 0.1) is 15.9 Å². The molecule has 2 heterocycles. The van der Waals surface area contributed by atoms with Crippen LogP contribution in [0.25, 0.3) is 17.1 Å². The average molecular weight is 404 g/mol. The fourth-order valence-electron chi connectivity index (χ4n) is 2.80. The summed E-state index contributed by atoms with van der Waals surface area (Å²) in [4.78, 5) is 41.1. The highest BCUT2D eigenvalue weighted by Crippen LogP contribution is 2.35. The number of aliphatic carboxylic acids is 1. The predicted octanol–water partition coefficient (Wildman–Crippen LogP) is 1.49. The molecule has 0 saturated carbocycles. The van der Waals surface area contributed by atoms with Crippen LogP contribution in [0.4, 0.5) is 0 Å². The molecule has 10 heteroatoms. The molecule has 1 aliphatic heterocycles. The van der Waals surface area contributed by atoms with E-state index in [2.05, 4.69) is 4.98 Å². The Hall–Kier alpha value is -2.72. The Balaban J connectivity index is 1.92. The highest BCUT2D eigenvalue weighted by Gasteiger charge is 2.40. The van der Waals surface area contributed by atoms with Gasteiger partial charge in [-0.15, -0.1) is 0 Å². The lowest BCUT2D eigenvalue weighted by Crippen LogP contribution is -2.44. The van der Waals surface area contributed by atoms with Crippen molar-refractivity contribution in [3.63, 3.8) is 0 Å².